The van der Waals surface area contributed by atoms with Crippen molar-refractivity contribution in [1.29, 1.82) is 0 Å². The zero-order valence-corrected chi connectivity index (χ0v) is 12.9. The van der Waals surface area contributed by atoms with Gasteiger partial charge in [0.25, 0.3) is 0 Å². The first-order chi connectivity index (χ1) is 10.6. The van der Waals surface area contributed by atoms with E-state index < -0.39 is 6.04 Å². The maximum atomic E-state index is 13.5. The summed E-state index contributed by atoms with van der Waals surface area (Å²) in [6.45, 7) is 4.90. The molecule has 0 aromatic heterocycles. The third-order valence-electron chi connectivity index (χ3n) is 3.72. The molecule has 2 rings (SSSR count). The lowest BCUT2D eigenvalue weighted by Gasteiger charge is -2.33. The number of nitrogens with one attached hydrogen (secondary N) is 1. The normalized spacial score (nSPS) is 18.7. The van der Waals surface area contributed by atoms with E-state index in [1.54, 1.807) is 12.1 Å². The number of nitrogens with zero attached hydrogens (tertiary/aromatic N) is 1. The van der Waals surface area contributed by atoms with Crippen molar-refractivity contribution in [3.8, 4) is 0 Å². The van der Waals surface area contributed by atoms with Gasteiger partial charge in [0.15, 0.2) is 0 Å². The molecule has 0 saturated carbocycles. The number of halogens is 1. The molecule has 1 aliphatic rings. The first-order valence-corrected chi connectivity index (χ1v) is 7.68. The second-order valence-electron chi connectivity index (χ2n) is 5.66. The Balaban J connectivity index is 2.12. The van der Waals surface area contributed by atoms with Crippen LogP contribution in [0.3, 0.4) is 0 Å². The lowest BCUT2D eigenvalue weighted by atomic mass is 10.0. The zero-order valence-electron chi connectivity index (χ0n) is 12.9. The van der Waals surface area contributed by atoms with Crippen LogP contribution in [0.2, 0.25) is 0 Å². The maximum Gasteiger partial charge on any atom is 0.241 e. The van der Waals surface area contributed by atoms with E-state index >= 15 is 0 Å². The van der Waals surface area contributed by atoms with E-state index in [9.17, 15) is 9.18 Å². The van der Waals surface area contributed by atoms with Crippen molar-refractivity contribution in [3.05, 3.63) is 35.6 Å². The lowest BCUT2D eigenvalue weighted by Crippen LogP contribution is -2.46. The van der Waals surface area contributed by atoms with Gasteiger partial charge in [-0.2, -0.15) is 0 Å². The molecular weight excluding hydrogens is 285 g/mol. The number of nitrogens with two attached hydrogens (primary N) is 1. The number of benzene rings is 1. The molecule has 1 saturated heterocycles. The number of hydrogen-bond donors (Lipinski definition) is 2. The zero-order chi connectivity index (χ0) is 15.9. The summed E-state index contributed by atoms with van der Waals surface area (Å²) in [6, 6.07) is 5.77. The van der Waals surface area contributed by atoms with Crippen LogP contribution in [0.25, 0.3) is 0 Å². The molecule has 1 aromatic rings. The largest absolute Gasteiger partial charge is 0.379 e. The molecule has 5 nitrogen and oxygen atoms in total. The Labute approximate surface area is 130 Å². The van der Waals surface area contributed by atoms with Gasteiger partial charge in [-0.15, -0.1) is 0 Å². The molecule has 1 aromatic carbocycles. The molecule has 3 N–H and O–H groups in total. The van der Waals surface area contributed by atoms with Crippen LogP contribution in [0.4, 0.5) is 4.39 Å². The Bertz CT molecular complexity index is 490. The van der Waals surface area contributed by atoms with E-state index in [1.165, 1.54) is 12.1 Å². The summed E-state index contributed by atoms with van der Waals surface area (Å²) < 4.78 is 18.9. The van der Waals surface area contributed by atoms with Crippen molar-refractivity contribution < 1.29 is 13.9 Å². The summed E-state index contributed by atoms with van der Waals surface area (Å²) >= 11 is 0. The second kappa shape index (κ2) is 8.22. The topological polar surface area (TPSA) is 67.6 Å². The molecule has 2 unspecified atom stereocenters. The van der Waals surface area contributed by atoms with Crippen LogP contribution < -0.4 is 11.1 Å². The Morgan fingerprint density at radius 2 is 2.18 bits per heavy atom. The number of carbonyl (C=O) groups excluding carboxylic acids is 1. The van der Waals surface area contributed by atoms with E-state index in [1.807, 2.05) is 11.8 Å². The highest BCUT2D eigenvalue weighted by Crippen LogP contribution is 2.23. The number of amides is 1. The summed E-state index contributed by atoms with van der Waals surface area (Å²) in [6.07, 6.45) is 0.713. The molecule has 0 spiro atoms. The van der Waals surface area contributed by atoms with Crippen LogP contribution in [-0.2, 0) is 9.53 Å². The first kappa shape index (κ1) is 16.9. The minimum atomic E-state index is -0.493. The molecule has 1 amide bonds. The summed E-state index contributed by atoms with van der Waals surface area (Å²) in [5, 5.41) is 2.91. The predicted octanol–water partition coefficient (Wildman–Crippen LogP) is 1.05. The van der Waals surface area contributed by atoms with Gasteiger partial charge in [-0.05, 0) is 31.0 Å². The summed E-state index contributed by atoms with van der Waals surface area (Å²) in [5.41, 5.74) is 6.37. The van der Waals surface area contributed by atoms with E-state index in [0.29, 0.717) is 44.8 Å². The third kappa shape index (κ3) is 4.76. The molecular formula is C16H24FN3O2. The van der Waals surface area contributed by atoms with Gasteiger partial charge in [0.1, 0.15) is 11.9 Å². The first-order valence-electron chi connectivity index (χ1n) is 7.68. The van der Waals surface area contributed by atoms with Crippen molar-refractivity contribution in [2.75, 3.05) is 32.8 Å². The molecule has 1 heterocycles. The van der Waals surface area contributed by atoms with Crippen LogP contribution >= 0.6 is 0 Å². The highest BCUT2D eigenvalue weighted by atomic mass is 19.1. The van der Waals surface area contributed by atoms with Crippen LogP contribution in [0.15, 0.2) is 24.3 Å². The number of hydrogen-bond acceptors (Lipinski definition) is 4. The third-order valence-corrected chi connectivity index (χ3v) is 3.72. The Morgan fingerprint density at radius 1 is 1.45 bits per heavy atom. The quantitative estimate of drug-likeness (QED) is 0.824. The fourth-order valence-corrected chi connectivity index (χ4v) is 2.56. The van der Waals surface area contributed by atoms with Crippen molar-refractivity contribution in [3.63, 3.8) is 0 Å². The van der Waals surface area contributed by atoms with Crippen molar-refractivity contribution in [2.45, 2.75) is 25.4 Å². The average molecular weight is 309 g/mol. The van der Waals surface area contributed by atoms with E-state index in [2.05, 4.69) is 5.32 Å². The van der Waals surface area contributed by atoms with Gasteiger partial charge in [0, 0.05) is 25.7 Å². The number of rotatable bonds is 6. The van der Waals surface area contributed by atoms with Gasteiger partial charge in [-0.25, -0.2) is 4.39 Å². The highest BCUT2D eigenvalue weighted by molar-refractivity contribution is 5.83. The summed E-state index contributed by atoms with van der Waals surface area (Å²) in [7, 11) is 0. The van der Waals surface area contributed by atoms with Crippen LogP contribution in [0.1, 0.15) is 24.9 Å². The van der Waals surface area contributed by atoms with Gasteiger partial charge in [0.05, 0.1) is 13.2 Å². The molecule has 0 radical (unpaired) electrons. The predicted molar refractivity (Wildman–Crippen MR) is 82.8 cm³/mol. The molecule has 6 heteroatoms. The van der Waals surface area contributed by atoms with E-state index in [-0.39, 0.29) is 17.8 Å². The van der Waals surface area contributed by atoms with Crippen LogP contribution in [0, 0.1) is 5.82 Å². The molecule has 122 valence electrons. The van der Waals surface area contributed by atoms with Crippen LogP contribution in [-0.4, -0.2) is 49.7 Å². The number of ether oxygens (including phenoxy) is 1. The molecule has 1 fully saturated rings. The van der Waals surface area contributed by atoms with Crippen molar-refractivity contribution in [1.82, 2.24) is 10.2 Å². The van der Waals surface area contributed by atoms with Crippen LogP contribution in [0.5, 0.6) is 0 Å². The summed E-state index contributed by atoms with van der Waals surface area (Å²) in [4.78, 5) is 14.6. The highest BCUT2D eigenvalue weighted by Gasteiger charge is 2.29. The maximum absolute atomic E-state index is 13.5. The fourth-order valence-electron chi connectivity index (χ4n) is 2.56. The lowest BCUT2D eigenvalue weighted by molar-refractivity contribution is -0.128. The van der Waals surface area contributed by atoms with E-state index in [0.717, 1.165) is 0 Å². The number of morpholine rings is 1. The molecule has 22 heavy (non-hydrogen) atoms. The number of carbonyl (C=O) groups is 1. The summed E-state index contributed by atoms with van der Waals surface area (Å²) in [5.74, 6) is -0.452. The average Bonchev–Trinajstić information content (AvgIpc) is 2.48. The smallest absolute Gasteiger partial charge is 0.241 e. The van der Waals surface area contributed by atoms with Gasteiger partial charge in [0.2, 0.25) is 5.91 Å². The minimum absolute atomic E-state index is 0.0382. The Kier molecular flexibility index (Phi) is 6.30. The standard InChI is InChI=1S/C16H24FN3O2/c1-12(18)5-6-19-16(21)15(20-7-9-22-10-8-20)13-3-2-4-14(17)11-13/h2-4,11-12,15H,5-10,18H2,1H3,(H,19,21). The fraction of sp³-hybridized carbons (Fsp3) is 0.562. The Hall–Kier alpha value is -1.50. The van der Waals surface area contributed by atoms with Gasteiger partial charge >= 0.3 is 0 Å². The van der Waals surface area contributed by atoms with Gasteiger partial charge in [-0.1, -0.05) is 12.1 Å². The second-order valence-corrected chi connectivity index (χ2v) is 5.66. The van der Waals surface area contributed by atoms with E-state index in [4.69, 9.17) is 10.5 Å². The molecule has 2 atom stereocenters. The molecule has 0 aliphatic carbocycles. The molecule has 1 aliphatic heterocycles. The molecule has 0 bridgehead atoms. The van der Waals surface area contributed by atoms with Gasteiger partial charge < -0.3 is 15.8 Å². The van der Waals surface area contributed by atoms with Gasteiger partial charge in [-0.3, -0.25) is 9.69 Å². The van der Waals surface area contributed by atoms with Crippen molar-refractivity contribution in [2.24, 2.45) is 5.73 Å². The SMILES string of the molecule is CC(N)CCNC(=O)C(c1cccc(F)c1)N1CCOCC1. The monoisotopic (exact) mass is 309 g/mol. The minimum Gasteiger partial charge on any atom is -0.379 e. The van der Waals surface area contributed by atoms with Crippen molar-refractivity contribution >= 4 is 5.91 Å². The Morgan fingerprint density at radius 3 is 2.82 bits per heavy atom.